The average Bonchev–Trinajstić information content (AvgIpc) is 2.68. The van der Waals surface area contributed by atoms with Crippen molar-refractivity contribution < 1.29 is 9.47 Å². The van der Waals surface area contributed by atoms with Gasteiger partial charge in [0.15, 0.2) is 0 Å². The fourth-order valence-electron chi connectivity index (χ4n) is 2.89. The van der Waals surface area contributed by atoms with E-state index in [1.807, 2.05) is 6.07 Å². The molecule has 1 aliphatic heterocycles. The summed E-state index contributed by atoms with van der Waals surface area (Å²) in [6, 6.07) is 11.6. The molecule has 3 atom stereocenters. The predicted molar refractivity (Wildman–Crippen MR) is 86.7 cm³/mol. The lowest BCUT2D eigenvalue weighted by molar-refractivity contribution is -0.0244. The fourth-order valence-corrected chi connectivity index (χ4v) is 4.52. The van der Waals surface area contributed by atoms with Crippen LogP contribution in [0.2, 0.25) is 25.7 Å². The summed E-state index contributed by atoms with van der Waals surface area (Å²) in [6.07, 6.45) is 1.94. The number of benzene rings is 1. The summed E-state index contributed by atoms with van der Waals surface area (Å²) in [4.78, 5) is 0. The molecule has 3 heteroatoms. The highest BCUT2D eigenvalue weighted by atomic mass is 28.3. The van der Waals surface area contributed by atoms with E-state index in [0.717, 1.165) is 6.61 Å². The minimum Gasteiger partial charge on any atom is -0.374 e. The molecular weight excluding hydrogens is 264 g/mol. The quantitative estimate of drug-likeness (QED) is 0.726. The summed E-state index contributed by atoms with van der Waals surface area (Å²) in [5.41, 5.74) is 1.23. The highest BCUT2D eigenvalue weighted by molar-refractivity contribution is 6.76. The van der Waals surface area contributed by atoms with Crippen molar-refractivity contribution in [2.75, 3.05) is 6.61 Å². The van der Waals surface area contributed by atoms with Gasteiger partial charge in [0.2, 0.25) is 0 Å². The molecule has 1 aliphatic rings. The van der Waals surface area contributed by atoms with Gasteiger partial charge in [-0.1, -0.05) is 56.9 Å². The Kier molecular flexibility index (Phi) is 5.41. The van der Waals surface area contributed by atoms with Crippen LogP contribution in [0.4, 0.5) is 0 Å². The van der Waals surface area contributed by atoms with Crippen LogP contribution >= 0.6 is 0 Å². The number of hydrogen-bond acceptors (Lipinski definition) is 2. The van der Waals surface area contributed by atoms with Crippen LogP contribution in [0.1, 0.15) is 18.9 Å². The maximum atomic E-state index is 6.20. The Balaban J connectivity index is 1.74. The molecule has 0 aromatic heterocycles. The monoisotopic (exact) mass is 292 g/mol. The first kappa shape index (κ1) is 15.7. The van der Waals surface area contributed by atoms with Crippen molar-refractivity contribution in [2.45, 2.75) is 57.8 Å². The molecule has 0 unspecified atom stereocenters. The van der Waals surface area contributed by atoms with Crippen LogP contribution in [0.3, 0.4) is 0 Å². The van der Waals surface area contributed by atoms with E-state index in [1.165, 1.54) is 18.0 Å². The van der Waals surface area contributed by atoms with Crippen molar-refractivity contribution in [3.05, 3.63) is 35.9 Å². The van der Waals surface area contributed by atoms with E-state index < -0.39 is 8.07 Å². The third-order valence-electron chi connectivity index (χ3n) is 3.87. The maximum Gasteiger partial charge on any atom is 0.0838 e. The van der Waals surface area contributed by atoms with Gasteiger partial charge in [-0.15, -0.1) is 0 Å². The van der Waals surface area contributed by atoms with E-state index >= 15 is 0 Å². The van der Waals surface area contributed by atoms with E-state index in [-0.39, 0.29) is 6.10 Å². The van der Waals surface area contributed by atoms with Gasteiger partial charge >= 0.3 is 0 Å². The van der Waals surface area contributed by atoms with E-state index in [2.05, 4.69) is 50.8 Å². The van der Waals surface area contributed by atoms with Crippen molar-refractivity contribution in [3.8, 4) is 0 Å². The number of ether oxygens (including phenoxy) is 2. The molecule has 2 nitrogen and oxygen atoms in total. The van der Waals surface area contributed by atoms with Gasteiger partial charge in [-0.3, -0.25) is 0 Å². The van der Waals surface area contributed by atoms with Gasteiger partial charge in [-0.2, -0.15) is 0 Å². The van der Waals surface area contributed by atoms with Crippen LogP contribution in [0.15, 0.2) is 30.3 Å². The van der Waals surface area contributed by atoms with Gasteiger partial charge in [0.05, 0.1) is 25.4 Å². The van der Waals surface area contributed by atoms with Crippen molar-refractivity contribution >= 4 is 8.07 Å². The summed E-state index contributed by atoms with van der Waals surface area (Å²) in [5.74, 6) is 0.618. The van der Waals surface area contributed by atoms with Crippen molar-refractivity contribution in [3.63, 3.8) is 0 Å². The minimum absolute atomic E-state index is 0.278. The molecule has 0 N–H and O–H groups in total. The molecule has 20 heavy (non-hydrogen) atoms. The molecule has 0 radical (unpaired) electrons. The van der Waals surface area contributed by atoms with E-state index in [9.17, 15) is 0 Å². The normalized spacial score (nSPS) is 26.9. The Bertz CT molecular complexity index is 399. The zero-order chi connectivity index (χ0) is 14.6. The molecule has 0 amide bonds. The van der Waals surface area contributed by atoms with Crippen LogP contribution in [0, 0.1) is 5.92 Å². The molecule has 2 rings (SSSR count). The van der Waals surface area contributed by atoms with Crippen LogP contribution in [-0.4, -0.2) is 26.9 Å². The third-order valence-corrected chi connectivity index (χ3v) is 5.55. The van der Waals surface area contributed by atoms with Gasteiger partial charge in [0.1, 0.15) is 0 Å². The van der Waals surface area contributed by atoms with Gasteiger partial charge in [-0.05, 0) is 23.9 Å². The molecule has 0 spiro atoms. The third kappa shape index (κ3) is 5.04. The molecule has 1 aromatic rings. The van der Waals surface area contributed by atoms with E-state index in [1.54, 1.807) is 0 Å². The SMILES string of the molecule is C[C@@H]1C[C@@H](C[Si](C)(C)C)O[C@H]1COCc1ccccc1. The highest BCUT2D eigenvalue weighted by Gasteiger charge is 2.34. The molecule has 0 bridgehead atoms. The number of hydrogen-bond donors (Lipinski definition) is 0. The predicted octanol–water partition coefficient (Wildman–Crippen LogP) is 4.34. The standard InChI is InChI=1S/C17H28O2Si/c1-14-10-16(13-20(2,3)4)19-17(14)12-18-11-15-8-6-5-7-9-15/h5-9,14,16-17H,10-13H2,1-4H3/t14-,16+,17+/m1/s1. The van der Waals surface area contributed by atoms with Crippen LogP contribution in [0.5, 0.6) is 0 Å². The van der Waals surface area contributed by atoms with Gasteiger partial charge < -0.3 is 9.47 Å². The Hall–Kier alpha value is -0.643. The lowest BCUT2D eigenvalue weighted by atomic mass is 10.0. The molecule has 112 valence electrons. The number of rotatable bonds is 6. The van der Waals surface area contributed by atoms with Crippen molar-refractivity contribution in [1.29, 1.82) is 0 Å². The Labute approximate surface area is 124 Å². The first-order valence-corrected chi connectivity index (χ1v) is 11.4. The average molecular weight is 292 g/mol. The molecule has 1 saturated heterocycles. The van der Waals surface area contributed by atoms with Crippen molar-refractivity contribution in [1.82, 2.24) is 0 Å². The zero-order valence-corrected chi connectivity index (χ0v) is 14.3. The lowest BCUT2D eigenvalue weighted by Crippen LogP contribution is -2.27. The van der Waals surface area contributed by atoms with Crippen LogP contribution < -0.4 is 0 Å². The summed E-state index contributed by atoms with van der Waals surface area (Å²) in [7, 11) is -1.03. The topological polar surface area (TPSA) is 18.5 Å². The zero-order valence-electron chi connectivity index (χ0n) is 13.3. The molecule has 1 heterocycles. The summed E-state index contributed by atoms with van der Waals surface area (Å²) in [6.45, 7) is 11.0. The van der Waals surface area contributed by atoms with Crippen LogP contribution in [0.25, 0.3) is 0 Å². The molecule has 1 aromatic carbocycles. The van der Waals surface area contributed by atoms with Crippen LogP contribution in [-0.2, 0) is 16.1 Å². The largest absolute Gasteiger partial charge is 0.374 e. The molecule has 0 saturated carbocycles. The Morgan fingerprint density at radius 3 is 2.55 bits per heavy atom. The van der Waals surface area contributed by atoms with Gasteiger partial charge in [0, 0.05) is 8.07 Å². The van der Waals surface area contributed by atoms with Crippen molar-refractivity contribution in [2.24, 2.45) is 5.92 Å². The van der Waals surface area contributed by atoms with E-state index in [0.29, 0.717) is 18.6 Å². The summed E-state index contributed by atoms with van der Waals surface area (Å²) in [5, 5.41) is 0. The maximum absolute atomic E-state index is 6.20. The smallest absolute Gasteiger partial charge is 0.0838 e. The Morgan fingerprint density at radius 2 is 1.90 bits per heavy atom. The first-order valence-electron chi connectivity index (χ1n) is 7.71. The van der Waals surface area contributed by atoms with Gasteiger partial charge in [0.25, 0.3) is 0 Å². The second-order valence-electron chi connectivity index (χ2n) is 7.28. The van der Waals surface area contributed by atoms with Gasteiger partial charge in [-0.25, -0.2) is 0 Å². The molecular formula is C17H28O2Si. The molecule has 0 aliphatic carbocycles. The summed E-state index contributed by atoms with van der Waals surface area (Å²) >= 11 is 0. The molecule has 1 fully saturated rings. The Morgan fingerprint density at radius 1 is 1.20 bits per heavy atom. The first-order chi connectivity index (χ1) is 9.44. The second kappa shape index (κ2) is 6.88. The fraction of sp³-hybridized carbons (Fsp3) is 0.647. The lowest BCUT2D eigenvalue weighted by Gasteiger charge is -2.21. The highest BCUT2D eigenvalue weighted by Crippen LogP contribution is 2.31. The minimum atomic E-state index is -1.03. The van der Waals surface area contributed by atoms with E-state index in [4.69, 9.17) is 9.47 Å². The summed E-state index contributed by atoms with van der Waals surface area (Å²) < 4.78 is 12.0. The second-order valence-corrected chi connectivity index (χ2v) is 12.8.